The molecular formula is C20H21N3O3S2. The van der Waals surface area contributed by atoms with Crippen molar-refractivity contribution in [1.82, 2.24) is 4.57 Å². The lowest BCUT2D eigenvalue weighted by Crippen LogP contribution is -2.17. The molecule has 0 saturated carbocycles. The number of sulfonamides is 1. The molecule has 3 aromatic rings. The lowest BCUT2D eigenvalue weighted by atomic mass is 9.95. The molecule has 0 radical (unpaired) electrons. The molecule has 0 spiro atoms. The Bertz CT molecular complexity index is 1120. The molecule has 2 N–H and O–H groups in total. The second-order valence-electron chi connectivity index (χ2n) is 6.89. The molecule has 0 fully saturated rings. The van der Waals surface area contributed by atoms with E-state index in [2.05, 4.69) is 10.0 Å². The predicted octanol–water partition coefficient (Wildman–Crippen LogP) is 4.04. The molecular weight excluding hydrogens is 394 g/mol. The van der Waals surface area contributed by atoms with Crippen molar-refractivity contribution in [2.75, 3.05) is 16.3 Å². The van der Waals surface area contributed by atoms with E-state index in [0.717, 1.165) is 48.1 Å². The minimum absolute atomic E-state index is 0.167. The quantitative estimate of drug-likeness (QED) is 0.660. The maximum Gasteiger partial charge on any atom is 0.258 e. The number of fused-ring (bicyclic) bond motifs is 1. The Hall–Kier alpha value is -2.58. The number of hydrogen-bond donors (Lipinski definition) is 2. The third kappa shape index (κ3) is 3.98. The fraction of sp³-hybridized carbons (Fsp3) is 0.250. The second-order valence-corrected chi connectivity index (χ2v) is 9.72. The Labute approximate surface area is 168 Å². The van der Waals surface area contributed by atoms with Crippen molar-refractivity contribution < 1.29 is 13.2 Å². The van der Waals surface area contributed by atoms with E-state index in [9.17, 15) is 13.2 Å². The number of aryl methyl sites for hydroxylation is 1. The van der Waals surface area contributed by atoms with Crippen molar-refractivity contribution >= 4 is 38.6 Å². The van der Waals surface area contributed by atoms with Gasteiger partial charge in [0, 0.05) is 23.0 Å². The van der Waals surface area contributed by atoms with Crippen molar-refractivity contribution in [2.45, 2.75) is 25.7 Å². The summed E-state index contributed by atoms with van der Waals surface area (Å²) in [6.07, 6.45) is 9.15. The van der Waals surface area contributed by atoms with Crippen LogP contribution in [0.4, 0.5) is 11.4 Å². The number of carbonyl (C=O) groups is 1. The minimum Gasteiger partial charge on any atom is -0.322 e. The van der Waals surface area contributed by atoms with Gasteiger partial charge in [-0.05, 0) is 61.6 Å². The van der Waals surface area contributed by atoms with E-state index in [1.807, 2.05) is 29.1 Å². The molecule has 6 nitrogen and oxygen atoms in total. The molecule has 146 valence electrons. The van der Waals surface area contributed by atoms with Crippen molar-refractivity contribution in [3.05, 3.63) is 64.8 Å². The number of thiophene rings is 1. The van der Waals surface area contributed by atoms with Crippen LogP contribution >= 0.6 is 11.3 Å². The number of rotatable bonds is 5. The summed E-state index contributed by atoms with van der Waals surface area (Å²) in [5.74, 6) is -0.167. The molecule has 1 aliphatic carbocycles. The molecule has 0 unspecified atom stereocenters. The van der Waals surface area contributed by atoms with Crippen molar-refractivity contribution in [3.63, 3.8) is 0 Å². The summed E-state index contributed by atoms with van der Waals surface area (Å²) in [7, 11) is -3.38. The van der Waals surface area contributed by atoms with Crippen LogP contribution in [-0.4, -0.2) is 25.1 Å². The molecule has 28 heavy (non-hydrogen) atoms. The number of anilines is 2. The van der Waals surface area contributed by atoms with Crippen LogP contribution in [0.3, 0.4) is 0 Å². The van der Waals surface area contributed by atoms with Gasteiger partial charge in [-0.1, -0.05) is 6.07 Å². The van der Waals surface area contributed by atoms with Crippen LogP contribution in [0, 0.1) is 0 Å². The van der Waals surface area contributed by atoms with Gasteiger partial charge in [0.15, 0.2) is 0 Å². The Morgan fingerprint density at radius 3 is 2.54 bits per heavy atom. The number of carbonyl (C=O) groups excluding carboxylic acids is 1. The first-order chi connectivity index (χ1) is 13.4. The average Bonchev–Trinajstić information content (AvgIpc) is 3.28. The third-order valence-electron chi connectivity index (χ3n) is 4.64. The molecule has 2 aromatic heterocycles. The monoisotopic (exact) mass is 415 g/mol. The first-order valence-electron chi connectivity index (χ1n) is 9.08. The average molecular weight is 416 g/mol. The van der Waals surface area contributed by atoms with Gasteiger partial charge in [-0.25, -0.2) is 8.42 Å². The fourth-order valence-corrected chi connectivity index (χ4v) is 5.41. The Kier molecular flexibility index (Phi) is 4.99. The summed E-state index contributed by atoms with van der Waals surface area (Å²) in [6, 6.07) is 10.6. The van der Waals surface area contributed by atoms with Gasteiger partial charge in [-0.2, -0.15) is 0 Å². The van der Waals surface area contributed by atoms with E-state index < -0.39 is 10.0 Å². The van der Waals surface area contributed by atoms with Crippen molar-refractivity contribution in [2.24, 2.45) is 0 Å². The Morgan fingerprint density at radius 2 is 1.79 bits per heavy atom. The topological polar surface area (TPSA) is 80.2 Å². The van der Waals surface area contributed by atoms with E-state index in [-0.39, 0.29) is 5.91 Å². The second kappa shape index (κ2) is 7.44. The summed E-state index contributed by atoms with van der Waals surface area (Å²) in [5.41, 5.74) is 2.83. The van der Waals surface area contributed by atoms with Gasteiger partial charge < -0.3 is 9.88 Å². The summed E-state index contributed by atoms with van der Waals surface area (Å²) < 4.78 is 27.3. The molecule has 0 saturated heterocycles. The number of benzene rings is 1. The van der Waals surface area contributed by atoms with Crippen LogP contribution in [0.15, 0.2) is 48.8 Å². The lowest BCUT2D eigenvalue weighted by molar-refractivity contribution is 0.102. The van der Waals surface area contributed by atoms with Gasteiger partial charge in [0.1, 0.15) is 5.00 Å². The van der Waals surface area contributed by atoms with E-state index in [0.29, 0.717) is 11.4 Å². The standard InChI is InChI=1S/C20H21N3O3S2/c1-28(25,26)22-15-8-6-7-14(13-15)21-19(24)18-16-9-2-3-10-17(16)27-20(18)23-11-4-5-12-23/h4-8,11-13,22H,2-3,9-10H2,1H3,(H,21,24). The number of hydrogen-bond acceptors (Lipinski definition) is 4. The van der Waals surface area contributed by atoms with Crippen LogP contribution in [0.2, 0.25) is 0 Å². The van der Waals surface area contributed by atoms with Gasteiger partial charge in [0.05, 0.1) is 17.5 Å². The zero-order valence-corrected chi connectivity index (χ0v) is 17.1. The van der Waals surface area contributed by atoms with Crippen molar-refractivity contribution in [1.29, 1.82) is 0 Å². The summed E-state index contributed by atoms with van der Waals surface area (Å²) >= 11 is 1.68. The van der Waals surface area contributed by atoms with Crippen LogP contribution in [0.1, 0.15) is 33.6 Å². The van der Waals surface area contributed by atoms with Crippen LogP contribution in [-0.2, 0) is 22.9 Å². The number of nitrogens with one attached hydrogen (secondary N) is 2. The van der Waals surface area contributed by atoms with E-state index >= 15 is 0 Å². The number of aromatic nitrogens is 1. The normalized spacial score (nSPS) is 13.8. The maximum atomic E-state index is 13.2. The molecule has 0 bridgehead atoms. The van der Waals surface area contributed by atoms with Crippen LogP contribution in [0.5, 0.6) is 0 Å². The Balaban J connectivity index is 1.67. The van der Waals surface area contributed by atoms with E-state index in [4.69, 9.17) is 0 Å². The molecule has 4 rings (SSSR count). The van der Waals surface area contributed by atoms with Crippen molar-refractivity contribution in [3.8, 4) is 5.00 Å². The summed E-state index contributed by atoms with van der Waals surface area (Å²) in [6.45, 7) is 0. The lowest BCUT2D eigenvalue weighted by Gasteiger charge is -2.14. The predicted molar refractivity (Wildman–Crippen MR) is 113 cm³/mol. The SMILES string of the molecule is CS(=O)(=O)Nc1cccc(NC(=O)c2c(-n3cccc3)sc3c2CCCC3)c1. The molecule has 8 heteroatoms. The van der Waals surface area contributed by atoms with Gasteiger partial charge in [0.25, 0.3) is 5.91 Å². The molecule has 0 atom stereocenters. The summed E-state index contributed by atoms with van der Waals surface area (Å²) in [5, 5.41) is 3.87. The van der Waals surface area contributed by atoms with Gasteiger partial charge in [-0.15, -0.1) is 11.3 Å². The molecule has 1 amide bonds. The highest BCUT2D eigenvalue weighted by Crippen LogP contribution is 2.37. The summed E-state index contributed by atoms with van der Waals surface area (Å²) in [4.78, 5) is 14.5. The first-order valence-corrected chi connectivity index (χ1v) is 11.8. The highest BCUT2D eigenvalue weighted by atomic mass is 32.2. The van der Waals surface area contributed by atoms with E-state index in [1.54, 1.807) is 35.6 Å². The van der Waals surface area contributed by atoms with Crippen LogP contribution < -0.4 is 10.0 Å². The number of nitrogens with zero attached hydrogens (tertiary/aromatic N) is 1. The molecule has 1 aliphatic rings. The first kappa shape index (κ1) is 18.8. The molecule has 1 aromatic carbocycles. The third-order valence-corrected chi connectivity index (χ3v) is 6.55. The maximum absolute atomic E-state index is 13.2. The van der Waals surface area contributed by atoms with Gasteiger partial charge in [0.2, 0.25) is 10.0 Å². The zero-order chi connectivity index (χ0) is 19.7. The largest absolute Gasteiger partial charge is 0.322 e. The van der Waals surface area contributed by atoms with Crippen LogP contribution in [0.25, 0.3) is 5.00 Å². The Morgan fingerprint density at radius 1 is 1.07 bits per heavy atom. The van der Waals surface area contributed by atoms with Gasteiger partial charge in [-0.3, -0.25) is 9.52 Å². The molecule has 0 aliphatic heterocycles. The van der Waals surface area contributed by atoms with E-state index in [1.165, 1.54) is 4.88 Å². The minimum atomic E-state index is -3.38. The smallest absolute Gasteiger partial charge is 0.258 e. The fourth-order valence-electron chi connectivity index (χ4n) is 3.51. The highest BCUT2D eigenvalue weighted by molar-refractivity contribution is 7.92. The number of amides is 1. The molecule has 2 heterocycles. The van der Waals surface area contributed by atoms with Gasteiger partial charge >= 0.3 is 0 Å². The highest BCUT2D eigenvalue weighted by Gasteiger charge is 2.26. The zero-order valence-electron chi connectivity index (χ0n) is 15.4.